The Morgan fingerprint density at radius 1 is 1.17 bits per heavy atom. The van der Waals surface area contributed by atoms with Gasteiger partial charge in [-0.15, -0.1) is 0 Å². The van der Waals surface area contributed by atoms with Gasteiger partial charge < -0.3 is 4.90 Å². The third-order valence-corrected chi connectivity index (χ3v) is 3.05. The van der Waals surface area contributed by atoms with Crippen molar-refractivity contribution in [1.82, 2.24) is 4.90 Å². The quantitative estimate of drug-likeness (QED) is 0.746. The van der Waals surface area contributed by atoms with Crippen LogP contribution in [0.5, 0.6) is 0 Å². The molecule has 0 bridgehead atoms. The van der Waals surface area contributed by atoms with Crippen LogP contribution in [0.2, 0.25) is 0 Å². The average Bonchev–Trinajstić information content (AvgIpc) is 2.24. The minimum Gasteiger partial charge on any atom is -0.345 e. The molecule has 1 rings (SSSR count). The van der Waals surface area contributed by atoms with Gasteiger partial charge in [0.2, 0.25) is 5.91 Å². The summed E-state index contributed by atoms with van der Waals surface area (Å²) in [6, 6.07) is 4.28. The van der Waals surface area contributed by atoms with Crippen LogP contribution in [0, 0.1) is 13.8 Å². The van der Waals surface area contributed by atoms with Crippen LogP contribution in [0.25, 0.3) is 6.08 Å². The molecule has 0 aliphatic heterocycles. The van der Waals surface area contributed by atoms with Gasteiger partial charge in [-0.25, -0.2) is 0 Å². The SMILES string of the molecule is Cc1cc(/C=C/C(=O)N(C)C)cc(C)c1C(C)C. The zero-order valence-electron chi connectivity index (χ0n) is 12.2. The summed E-state index contributed by atoms with van der Waals surface area (Å²) in [7, 11) is 3.51. The van der Waals surface area contributed by atoms with Crippen LogP contribution in [0.1, 0.15) is 42.0 Å². The predicted molar refractivity (Wildman–Crippen MR) is 77.7 cm³/mol. The van der Waals surface area contributed by atoms with Gasteiger partial charge in [-0.3, -0.25) is 4.79 Å². The van der Waals surface area contributed by atoms with E-state index in [0.717, 1.165) is 5.56 Å². The van der Waals surface area contributed by atoms with E-state index in [1.165, 1.54) is 16.7 Å². The van der Waals surface area contributed by atoms with Gasteiger partial charge >= 0.3 is 0 Å². The zero-order chi connectivity index (χ0) is 13.9. The number of likely N-dealkylation sites (N-methyl/N-ethyl adjacent to an activating group) is 1. The maximum absolute atomic E-state index is 11.5. The highest BCUT2D eigenvalue weighted by Crippen LogP contribution is 2.25. The van der Waals surface area contributed by atoms with Crippen LogP contribution in [0.15, 0.2) is 18.2 Å². The van der Waals surface area contributed by atoms with E-state index < -0.39 is 0 Å². The summed E-state index contributed by atoms with van der Waals surface area (Å²) in [5, 5.41) is 0. The van der Waals surface area contributed by atoms with Crippen molar-refractivity contribution in [2.24, 2.45) is 0 Å². The Bertz CT molecular complexity index is 447. The summed E-state index contributed by atoms with van der Waals surface area (Å²) >= 11 is 0. The first-order valence-corrected chi connectivity index (χ1v) is 6.33. The summed E-state index contributed by atoms with van der Waals surface area (Å²) in [6.07, 6.45) is 3.50. The molecule has 0 aliphatic rings. The molecule has 0 aliphatic carbocycles. The van der Waals surface area contributed by atoms with Gasteiger partial charge in [-0.05, 0) is 48.1 Å². The van der Waals surface area contributed by atoms with E-state index in [-0.39, 0.29) is 5.91 Å². The summed E-state index contributed by atoms with van der Waals surface area (Å²) in [5.41, 5.74) is 5.08. The minimum atomic E-state index is 0.0123. The first kappa shape index (κ1) is 14.5. The molecule has 1 aromatic rings. The highest BCUT2D eigenvalue weighted by molar-refractivity contribution is 5.91. The van der Waals surface area contributed by atoms with Gasteiger partial charge in [0.05, 0.1) is 0 Å². The average molecular weight is 245 g/mol. The van der Waals surface area contributed by atoms with E-state index >= 15 is 0 Å². The maximum Gasteiger partial charge on any atom is 0.246 e. The van der Waals surface area contributed by atoms with E-state index in [0.29, 0.717) is 5.92 Å². The molecule has 0 radical (unpaired) electrons. The third-order valence-electron chi connectivity index (χ3n) is 3.05. The molecule has 0 N–H and O–H groups in total. The lowest BCUT2D eigenvalue weighted by atomic mass is 9.91. The number of carbonyl (C=O) groups is 1. The normalized spacial score (nSPS) is 11.3. The van der Waals surface area contributed by atoms with Crippen molar-refractivity contribution in [3.8, 4) is 0 Å². The lowest BCUT2D eigenvalue weighted by molar-refractivity contribution is -0.123. The number of hydrogen-bond donors (Lipinski definition) is 0. The second kappa shape index (κ2) is 5.85. The zero-order valence-corrected chi connectivity index (χ0v) is 12.2. The molecule has 2 heteroatoms. The lowest BCUT2D eigenvalue weighted by Crippen LogP contribution is -2.18. The summed E-state index contributed by atoms with van der Waals surface area (Å²) in [6.45, 7) is 8.68. The van der Waals surface area contributed by atoms with Crippen molar-refractivity contribution in [3.63, 3.8) is 0 Å². The van der Waals surface area contributed by atoms with Crippen molar-refractivity contribution in [1.29, 1.82) is 0 Å². The van der Waals surface area contributed by atoms with Gasteiger partial charge in [0, 0.05) is 20.2 Å². The third kappa shape index (κ3) is 3.46. The van der Waals surface area contributed by atoms with Crippen molar-refractivity contribution in [2.75, 3.05) is 14.1 Å². The molecule has 0 saturated heterocycles. The van der Waals surface area contributed by atoms with Crippen molar-refractivity contribution < 1.29 is 4.79 Å². The smallest absolute Gasteiger partial charge is 0.246 e. The lowest BCUT2D eigenvalue weighted by Gasteiger charge is -2.14. The Balaban J connectivity index is 3.04. The Labute approximate surface area is 110 Å². The number of nitrogens with zero attached hydrogens (tertiary/aromatic N) is 1. The van der Waals surface area contributed by atoms with Crippen LogP contribution < -0.4 is 0 Å². The van der Waals surface area contributed by atoms with Gasteiger partial charge in [-0.1, -0.05) is 26.0 Å². The first-order chi connectivity index (χ1) is 8.32. The second-order valence-electron chi connectivity index (χ2n) is 5.29. The molecule has 0 atom stereocenters. The highest BCUT2D eigenvalue weighted by atomic mass is 16.2. The van der Waals surface area contributed by atoms with Gasteiger partial charge in [0.15, 0.2) is 0 Å². The van der Waals surface area contributed by atoms with Crippen LogP contribution in [0.3, 0.4) is 0 Å². The molecule has 0 aromatic heterocycles. The molecule has 18 heavy (non-hydrogen) atoms. The fourth-order valence-electron chi connectivity index (χ4n) is 2.33. The predicted octanol–water partition coefficient (Wildman–Crippen LogP) is 3.53. The van der Waals surface area contributed by atoms with Crippen molar-refractivity contribution in [2.45, 2.75) is 33.6 Å². The fourth-order valence-corrected chi connectivity index (χ4v) is 2.33. The number of aryl methyl sites for hydroxylation is 2. The van der Waals surface area contributed by atoms with Crippen LogP contribution >= 0.6 is 0 Å². The minimum absolute atomic E-state index is 0.0123. The van der Waals surface area contributed by atoms with Crippen LogP contribution in [-0.4, -0.2) is 24.9 Å². The van der Waals surface area contributed by atoms with Crippen molar-refractivity contribution >= 4 is 12.0 Å². The molecular weight excluding hydrogens is 222 g/mol. The molecule has 0 fully saturated rings. The molecule has 2 nitrogen and oxygen atoms in total. The summed E-state index contributed by atoms with van der Waals surface area (Å²) in [4.78, 5) is 13.1. The molecular formula is C16H23NO. The van der Waals surface area contributed by atoms with Gasteiger partial charge in [0.1, 0.15) is 0 Å². The molecule has 98 valence electrons. The van der Waals surface area contributed by atoms with Crippen LogP contribution in [-0.2, 0) is 4.79 Å². The molecule has 0 heterocycles. The van der Waals surface area contributed by atoms with Gasteiger partial charge in [-0.2, -0.15) is 0 Å². The van der Waals surface area contributed by atoms with Gasteiger partial charge in [0.25, 0.3) is 0 Å². The molecule has 0 unspecified atom stereocenters. The Kier molecular flexibility index (Phi) is 4.71. The number of benzene rings is 1. The van der Waals surface area contributed by atoms with E-state index in [1.807, 2.05) is 6.08 Å². The number of amides is 1. The topological polar surface area (TPSA) is 20.3 Å². The number of carbonyl (C=O) groups excluding carboxylic acids is 1. The Morgan fingerprint density at radius 3 is 2.06 bits per heavy atom. The highest BCUT2D eigenvalue weighted by Gasteiger charge is 2.08. The van der Waals surface area contributed by atoms with Crippen LogP contribution in [0.4, 0.5) is 0 Å². The molecule has 1 amide bonds. The summed E-state index contributed by atoms with van der Waals surface area (Å²) in [5.74, 6) is 0.546. The van der Waals surface area contributed by atoms with Crippen molar-refractivity contribution in [3.05, 3.63) is 40.5 Å². The monoisotopic (exact) mass is 245 g/mol. The fraction of sp³-hybridized carbons (Fsp3) is 0.438. The first-order valence-electron chi connectivity index (χ1n) is 6.33. The molecule has 0 saturated carbocycles. The summed E-state index contributed by atoms with van der Waals surface area (Å²) < 4.78 is 0. The number of hydrogen-bond acceptors (Lipinski definition) is 1. The van der Waals surface area contributed by atoms with E-state index in [4.69, 9.17) is 0 Å². The van der Waals surface area contributed by atoms with E-state index in [1.54, 1.807) is 25.1 Å². The Morgan fingerprint density at radius 2 is 1.67 bits per heavy atom. The van der Waals surface area contributed by atoms with E-state index in [2.05, 4.69) is 39.8 Å². The van der Waals surface area contributed by atoms with E-state index in [9.17, 15) is 4.79 Å². The molecule has 0 spiro atoms. The second-order valence-corrected chi connectivity index (χ2v) is 5.29. The Hall–Kier alpha value is -1.57. The number of rotatable bonds is 3. The molecule has 1 aromatic carbocycles. The maximum atomic E-state index is 11.5. The largest absolute Gasteiger partial charge is 0.345 e. The standard InChI is InChI=1S/C16H23NO/c1-11(2)16-12(3)9-14(10-13(16)4)7-8-15(18)17(5)6/h7-11H,1-6H3/b8-7+.